The number of carbonyl (C=O) groups is 1. The van der Waals surface area contributed by atoms with E-state index in [-0.39, 0.29) is 18.0 Å². The van der Waals surface area contributed by atoms with Crippen LogP contribution in [0.5, 0.6) is 0 Å². The molecule has 2 aliphatic heterocycles. The Morgan fingerprint density at radius 2 is 1.89 bits per heavy atom. The Hall–Kier alpha value is -2.24. The van der Waals surface area contributed by atoms with Gasteiger partial charge in [-0.15, -0.1) is 0 Å². The number of carbonyl (C=O) groups excluding carboxylic acids is 1. The molecule has 142 valence electrons. The van der Waals surface area contributed by atoms with E-state index in [1.807, 2.05) is 12.1 Å². The number of aromatic nitrogens is 1. The SMILES string of the molecule is O=C(C1CC(c2ccncc2)NN1)N1CCCCC1CCc1ccccc1. The van der Waals surface area contributed by atoms with Crippen LogP contribution in [-0.4, -0.2) is 34.4 Å². The first-order valence-electron chi connectivity index (χ1n) is 10.1. The van der Waals surface area contributed by atoms with E-state index in [2.05, 4.69) is 51.1 Å². The smallest absolute Gasteiger partial charge is 0.241 e. The molecule has 2 saturated heterocycles. The summed E-state index contributed by atoms with van der Waals surface area (Å²) in [6.45, 7) is 0.885. The third kappa shape index (κ3) is 4.37. The fraction of sp³-hybridized carbons (Fsp3) is 0.455. The molecule has 3 atom stereocenters. The molecular weight excluding hydrogens is 336 g/mol. The molecule has 2 aromatic rings. The van der Waals surface area contributed by atoms with Gasteiger partial charge in [0.05, 0.1) is 0 Å². The molecule has 3 heterocycles. The zero-order valence-corrected chi connectivity index (χ0v) is 15.7. The molecule has 2 N–H and O–H groups in total. The highest BCUT2D eigenvalue weighted by molar-refractivity contribution is 5.82. The van der Waals surface area contributed by atoms with Crippen molar-refractivity contribution in [3.8, 4) is 0 Å². The van der Waals surface area contributed by atoms with Crippen molar-refractivity contribution in [3.63, 3.8) is 0 Å². The van der Waals surface area contributed by atoms with Crippen LogP contribution < -0.4 is 10.9 Å². The second-order valence-corrected chi connectivity index (χ2v) is 7.62. The summed E-state index contributed by atoms with van der Waals surface area (Å²) in [7, 11) is 0. The maximum atomic E-state index is 13.2. The first-order chi connectivity index (χ1) is 13.3. The molecule has 3 unspecified atom stereocenters. The van der Waals surface area contributed by atoms with E-state index in [4.69, 9.17) is 0 Å². The molecule has 1 amide bonds. The molecule has 27 heavy (non-hydrogen) atoms. The van der Waals surface area contributed by atoms with Crippen LogP contribution in [-0.2, 0) is 11.2 Å². The Morgan fingerprint density at radius 3 is 2.70 bits per heavy atom. The summed E-state index contributed by atoms with van der Waals surface area (Å²) in [6, 6.07) is 15.0. The van der Waals surface area contributed by atoms with E-state index in [9.17, 15) is 4.79 Å². The van der Waals surface area contributed by atoms with Crippen LogP contribution in [0.2, 0.25) is 0 Å². The number of pyridine rings is 1. The highest BCUT2D eigenvalue weighted by Gasteiger charge is 2.36. The highest BCUT2D eigenvalue weighted by atomic mass is 16.2. The maximum absolute atomic E-state index is 13.2. The summed E-state index contributed by atoms with van der Waals surface area (Å²) < 4.78 is 0. The van der Waals surface area contributed by atoms with Gasteiger partial charge in [0.2, 0.25) is 5.91 Å². The summed E-state index contributed by atoms with van der Waals surface area (Å²) in [6.07, 6.45) is 9.92. The minimum atomic E-state index is -0.152. The highest BCUT2D eigenvalue weighted by Crippen LogP contribution is 2.26. The van der Waals surface area contributed by atoms with E-state index in [1.165, 1.54) is 17.5 Å². The Morgan fingerprint density at radius 1 is 1.07 bits per heavy atom. The molecule has 0 spiro atoms. The van der Waals surface area contributed by atoms with Gasteiger partial charge in [0.25, 0.3) is 0 Å². The fourth-order valence-corrected chi connectivity index (χ4v) is 4.30. The zero-order valence-electron chi connectivity index (χ0n) is 15.7. The number of hydrogen-bond donors (Lipinski definition) is 2. The standard InChI is InChI=1S/C22H28N4O/c27-22(21-16-20(24-25-21)18-11-13-23-14-12-18)26-15-5-4-8-19(26)10-9-17-6-2-1-3-7-17/h1-3,6-7,11-14,19-21,24-25H,4-5,8-10,15-16H2. The molecule has 5 nitrogen and oxygen atoms in total. The largest absolute Gasteiger partial charge is 0.338 e. The minimum absolute atomic E-state index is 0.152. The Balaban J connectivity index is 1.37. The lowest BCUT2D eigenvalue weighted by Gasteiger charge is -2.37. The van der Waals surface area contributed by atoms with Crippen molar-refractivity contribution in [2.24, 2.45) is 0 Å². The van der Waals surface area contributed by atoms with Gasteiger partial charge in [0.15, 0.2) is 0 Å². The van der Waals surface area contributed by atoms with Gasteiger partial charge in [-0.3, -0.25) is 9.78 Å². The van der Waals surface area contributed by atoms with Gasteiger partial charge < -0.3 is 4.90 Å². The van der Waals surface area contributed by atoms with Gasteiger partial charge in [-0.1, -0.05) is 30.3 Å². The van der Waals surface area contributed by atoms with Crippen molar-refractivity contribution < 1.29 is 4.79 Å². The van der Waals surface area contributed by atoms with Gasteiger partial charge in [0, 0.05) is 31.0 Å². The Kier molecular flexibility index (Phi) is 5.80. The number of aryl methyl sites for hydroxylation is 1. The van der Waals surface area contributed by atoms with E-state index >= 15 is 0 Å². The second kappa shape index (κ2) is 8.63. The first kappa shape index (κ1) is 18.1. The monoisotopic (exact) mass is 364 g/mol. The van der Waals surface area contributed by atoms with Crippen LogP contribution >= 0.6 is 0 Å². The van der Waals surface area contributed by atoms with Crippen molar-refractivity contribution in [1.29, 1.82) is 0 Å². The topological polar surface area (TPSA) is 57.3 Å². The van der Waals surface area contributed by atoms with Crippen LogP contribution in [0.4, 0.5) is 0 Å². The van der Waals surface area contributed by atoms with E-state index < -0.39 is 0 Å². The molecule has 0 bridgehead atoms. The molecule has 0 saturated carbocycles. The Bertz CT molecular complexity index is 736. The average molecular weight is 364 g/mol. The number of amides is 1. The maximum Gasteiger partial charge on any atom is 0.241 e. The summed E-state index contributed by atoms with van der Waals surface area (Å²) >= 11 is 0. The molecular formula is C22H28N4O. The number of nitrogens with zero attached hydrogens (tertiary/aromatic N) is 2. The van der Waals surface area contributed by atoms with E-state index in [0.29, 0.717) is 6.04 Å². The van der Waals surface area contributed by atoms with Crippen molar-refractivity contribution in [2.75, 3.05) is 6.54 Å². The number of likely N-dealkylation sites (tertiary alicyclic amines) is 1. The van der Waals surface area contributed by atoms with Gasteiger partial charge in [0.1, 0.15) is 6.04 Å². The summed E-state index contributed by atoms with van der Waals surface area (Å²) in [5.74, 6) is 0.247. The number of benzene rings is 1. The van der Waals surface area contributed by atoms with Crippen molar-refractivity contribution in [1.82, 2.24) is 20.7 Å². The summed E-state index contributed by atoms with van der Waals surface area (Å²) in [4.78, 5) is 19.4. The Labute approximate surface area is 161 Å². The van der Waals surface area contributed by atoms with Gasteiger partial charge >= 0.3 is 0 Å². The molecule has 2 fully saturated rings. The van der Waals surface area contributed by atoms with Crippen LogP contribution in [0, 0.1) is 0 Å². The summed E-state index contributed by atoms with van der Waals surface area (Å²) in [5.41, 5.74) is 9.05. The molecule has 0 aliphatic carbocycles. The number of nitrogens with one attached hydrogen (secondary N) is 2. The van der Waals surface area contributed by atoms with Crippen molar-refractivity contribution in [2.45, 2.75) is 56.7 Å². The van der Waals surface area contributed by atoms with Gasteiger partial charge in [-0.2, -0.15) is 0 Å². The second-order valence-electron chi connectivity index (χ2n) is 7.62. The molecule has 0 radical (unpaired) electrons. The lowest BCUT2D eigenvalue weighted by atomic mass is 9.94. The lowest BCUT2D eigenvalue weighted by molar-refractivity contribution is -0.137. The minimum Gasteiger partial charge on any atom is -0.338 e. The van der Waals surface area contributed by atoms with E-state index in [0.717, 1.165) is 38.6 Å². The quantitative estimate of drug-likeness (QED) is 0.856. The number of hydrogen-bond acceptors (Lipinski definition) is 4. The molecule has 1 aromatic carbocycles. The molecule has 2 aliphatic rings. The van der Waals surface area contributed by atoms with Crippen LogP contribution in [0.25, 0.3) is 0 Å². The lowest BCUT2D eigenvalue weighted by Crippen LogP contribution is -2.51. The summed E-state index contributed by atoms with van der Waals surface area (Å²) in [5, 5.41) is 0. The third-order valence-corrected chi connectivity index (χ3v) is 5.83. The molecule has 1 aromatic heterocycles. The van der Waals surface area contributed by atoms with Gasteiger partial charge in [-0.05, 0) is 61.8 Å². The van der Waals surface area contributed by atoms with Gasteiger partial charge in [-0.25, -0.2) is 10.9 Å². The fourth-order valence-electron chi connectivity index (χ4n) is 4.30. The molecule has 4 rings (SSSR count). The van der Waals surface area contributed by atoms with Crippen LogP contribution in [0.1, 0.15) is 49.3 Å². The van der Waals surface area contributed by atoms with Crippen LogP contribution in [0.3, 0.4) is 0 Å². The zero-order chi connectivity index (χ0) is 18.5. The first-order valence-corrected chi connectivity index (χ1v) is 10.1. The molecule has 5 heteroatoms. The normalized spacial score (nSPS) is 25.5. The number of hydrazine groups is 1. The third-order valence-electron chi connectivity index (χ3n) is 5.83. The van der Waals surface area contributed by atoms with Crippen molar-refractivity contribution >= 4 is 5.91 Å². The van der Waals surface area contributed by atoms with Crippen LogP contribution in [0.15, 0.2) is 54.9 Å². The number of piperidine rings is 1. The predicted octanol–water partition coefficient (Wildman–Crippen LogP) is 3.00. The van der Waals surface area contributed by atoms with Crippen molar-refractivity contribution in [3.05, 3.63) is 66.0 Å². The number of rotatable bonds is 5. The average Bonchev–Trinajstić information content (AvgIpc) is 3.24. The van der Waals surface area contributed by atoms with E-state index in [1.54, 1.807) is 12.4 Å². The predicted molar refractivity (Wildman–Crippen MR) is 106 cm³/mol.